The molecule has 0 amide bonds. The predicted octanol–water partition coefficient (Wildman–Crippen LogP) is 2.80. The highest BCUT2D eigenvalue weighted by Gasteiger charge is 2.20. The fraction of sp³-hybridized carbons (Fsp3) is 0.533. The first-order chi connectivity index (χ1) is 9.97. The van der Waals surface area contributed by atoms with Gasteiger partial charge in [0.25, 0.3) is 0 Å². The van der Waals surface area contributed by atoms with Crippen molar-refractivity contribution in [2.45, 2.75) is 53.2 Å². The number of aliphatic hydroxyl groups is 1. The van der Waals surface area contributed by atoms with Gasteiger partial charge in [0.05, 0.1) is 33.9 Å². The minimum atomic E-state index is -0.659. The van der Waals surface area contributed by atoms with Crippen molar-refractivity contribution >= 4 is 11.6 Å². The van der Waals surface area contributed by atoms with Gasteiger partial charge >= 0.3 is 0 Å². The molecule has 1 unspecified atom stereocenters. The molecule has 0 bridgehead atoms. The zero-order valence-electron chi connectivity index (χ0n) is 12.9. The van der Waals surface area contributed by atoms with Crippen molar-refractivity contribution in [1.82, 2.24) is 20.0 Å². The van der Waals surface area contributed by atoms with E-state index in [4.69, 9.17) is 11.6 Å². The van der Waals surface area contributed by atoms with Crippen LogP contribution in [-0.4, -0.2) is 25.1 Å². The molecule has 6 heteroatoms. The Morgan fingerprint density at radius 1 is 1.29 bits per heavy atom. The molecule has 2 aromatic heterocycles. The molecule has 0 fully saturated rings. The summed E-state index contributed by atoms with van der Waals surface area (Å²) in [6.45, 7) is 8.48. The summed E-state index contributed by atoms with van der Waals surface area (Å²) in [4.78, 5) is 0. The van der Waals surface area contributed by atoms with Crippen LogP contribution in [0.15, 0.2) is 6.07 Å². The lowest BCUT2D eigenvalue weighted by molar-refractivity contribution is 0.173. The Hall–Kier alpha value is -1.46. The predicted molar refractivity (Wildman–Crippen MR) is 82.5 cm³/mol. The third-order valence-corrected chi connectivity index (χ3v) is 4.05. The normalized spacial score (nSPS) is 12.7. The van der Waals surface area contributed by atoms with E-state index in [1.165, 1.54) is 0 Å². The Bertz CT molecular complexity index is 639. The van der Waals surface area contributed by atoms with Crippen LogP contribution in [0, 0.1) is 13.8 Å². The van der Waals surface area contributed by atoms with E-state index in [9.17, 15) is 5.11 Å². The lowest BCUT2D eigenvalue weighted by atomic mass is 10.0. The van der Waals surface area contributed by atoms with Crippen molar-refractivity contribution in [2.24, 2.45) is 0 Å². The smallest absolute Gasteiger partial charge is 0.0864 e. The van der Waals surface area contributed by atoms with Crippen LogP contribution < -0.4 is 0 Å². The molecule has 2 heterocycles. The van der Waals surface area contributed by atoms with Gasteiger partial charge in [-0.3, -0.25) is 4.68 Å². The van der Waals surface area contributed by atoms with Gasteiger partial charge in [-0.1, -0.05) is 18.5 Å². The fourth-order valence-corrected chi connectivity index (χ4v) is 2.67. The zero-order valence-corrected chi connectivity index (χ0v) is 13.6. The SMILES string of the molecule is CCc1nnc(C)cc1C(O)Cc1c(Cl)c(C)nn1CC. The highest BCUT2D eigenvalue weighted by molar-refractivity contribution is 6.31. The monoisotopic (exact) mass is 308 g/mol. The summed E-state index contributed by atoms with van der Waals surface area (Å²) in [5.41, 5.74) is 4.10. The Balaban J connectivity index is 2.34. The molecule has 0 spiro atoms. The highest BCUT2D eigenvalue weighted by atomic mass is 35.5. The molecule has 0 radical (unpaired) electrons. The molecule has 5 nitrogen and oxygen atoms in total. The number of hydrogen-bond acceptors (Lipinski definition) is 4. The van der Waals surface area contributed by atoms with Crippen LogP contribution in [-0.2, 0) is 19.4 Å². The molecule has 2 rings (SSSR count). The van der Waals surface area contributed by atoms with E-state index in [0.717, 1.165) is 41.3 Å². The van der Waals surface area contributed by atoms with Crippen LogP contribution in [0.3, 0.4) is 0 Å². The second-order valence-electron chi connectivity index (χ2n) is 5.12. The summed E-state index contributed by atoms with van der Waals surface area (Å²) in [7, 11) is 0. The number of aliphatic hydroxyl groups excluding tert-OH is 1. The lowest BCUT2D eigenvalue weighted by Gasteiger charge is -2.15. The summed E-state index contributed by atoms with van der Waals surface area (Å²) in [5.74, 6) is 0. The largest absolute Gasteiger partial charge is 0.388 e. The first-order valence-corrected chi connectivity index (χ1v) is 7.58. The number of halogens is 1. The molecule has 21 heavy (non-hydrogen) atoms. The molecule has 114 valence electrons. The average Bonchev–Trinajstić information content (AvgIpc) is 2.74. The van der Waals surface area contributed by atoms with Crippen LogP contribution in [0.25, 0.3) is 0 Å². The minimum absolute atomic E-state index is 0.422. The van der Waals surface area contributed by atoms with Crippen molar-refractivity contribution in [3.63, 3.8) is 0 Å². The molecule has 0 aliphatic heterocycles. The third-order valence-electron chi connectivity index (χ3n) is 3.56. The maximum absolute atomic E-state index is 10.6. The molecular formula is C15H21ClN4O. The van der Waals surface area contributed by atoms with Crippen LogP contribution in [0.1, 0.15) is 48.3 Å². The zero-order chi connectivity index (χ0) is 15.6. The number of rotatable bonds is 5. The Labute approximate surface area is 130 Å². The molecule has 0 aromatic carbocycles. The molecular weight excluding hydrogens is 288 g/mol. The van der Waals surface area contributed by atoms with Crippen LogP contribution in [0.5, 0.6) is 0 Å². The van der Waals surface area contributed by atoms with E-state index in [2.05, 4.69) is 15.3 Å². The summed E-state index contributed by atoms with van der Waals surface area (Å²) >= 11 is 6.31. The van der Waals surface area contributed by atoms with Crippen LogP contribution in [0.2, 0.25) is 5.02 Å². The topological polar surface area (TPSA) is 63.8 Å². The van der Waals surface area contributed by atoms with Gasteiger partial charge in [0.15, 0.2) is 0 Å². The van der Waals surface area contributed by atoms with Gasteiger partial charge in [0.1, 0.15) is 0 Å². The Morgan fingerprint density at radius 2 is 2.00 bits per heavy atom. The number of hydrogen-bond donors (Lipinski definition) is 1. The highest BCUT2D eigenvalue weighted by Crippen LogP contribution is 2.27. The quantitative estimate of drug-likeness (QED) is 0.922. The third kappa shape index (κ3) is 3.24. The number of aromatic nitrogens is 4. The Morgan fingerprint density at radius 3 is 2.62 bits per heavy atom. The number of aryl methyl sites for hydroxylation is 4. The van der Waals surface area contributed by atoms with E-state index in [1.807, 2.05) is 38.4 Å². The molecule has 0 saturated carbocycles. The van der Waals surface area contributed by atoms with E-state index in [-0.39, 0.29) is 0 Å². The first-order valence-electron chi connectivity index (χ1n) is 7.20. The van der Waals surface area contributed by atoms with Crippen LogP contribution in [0.4, 0.5) is 0 Å². The fourth-order valence-electron chi connectivity index (χ4n) is 2.45. The molecule has 2 aromatic rings. The van der Waals surface area contributed by atoms with Gasteiger partial charge < -0.3 is 5.11 Å². The van der Waals surface area contributed by atoms with E-state index in [1.54, 1.807) is 0 Å². The lowest BCUT2D eigenvalue weighted by Crippen LogP contribution is -2.12. The molecule has 0 aliphatic carbocycles. The second-order valence-corrected chi connectivity index (χ2v) is 5.50. The van der Waals surface area contributed by atoms with Crippen molar-refractivity contribution in [3.8, 4) is 0 Å². The van der Waals surface area contributed by atoms with Gasteiger partial charge in [-0.2, -0.15) is 15.3 Å². The summed E-state index contributed by atoms with van der Waals surface area (Å²) < 4.78 is 1.84. The average molecular weight is 309 g/mol. The van der Waals surface area contributed by atoms with E-state index in [0.29, 0.717) is 11.4 Å². The number of nitrogens with zero attached hydrogens (tertiary/aromatic N) is 4. The summed E-state index contributed by atoms with van der Waals surface area (Å²) in [6, 6.07) is 1.89. The van der Waals surface area contributed by atoms with Crippen molar-refractivity contribution in [1.29, 1.82) is 0 Å². The molecule has 1 atom stereocenters. The Kier molecular flexibility index (Phi) is 4.96. The van der Waals surface area contributed by atoms with Gasteiger partial charge in [-0.05, 0) is 33.3 Å². The van der Waals surface area contributed by atoms with Crippen molar-refractivity contribution in [2.75, 3.05) is 0 Å². The van der Waals surface area contributed by atoms with Crippen LogP contribution >= 0.6 is 11.6 Å². The van der Waals surface area contributed by atoms with E-state index < -0.39 is 6.10 Å². The molecule has 1 N–H and O–H groups in total. The van der Waals surface area contributed by atoms with Gasteiger partial charge in [-0.25, -0.2) is 0 Å². The standard InChI is InChI=1S/C15H21ClN4O/c1-5-12-11(7-9(3)17-18-12)14(21)8-13-15(16)10(4)19-20(13)6-2/h7,14,21H,5-6,8H2,1-4H3. The summed E-state index contributed by atoms with van der Waals surface area (Å²) in [6.07, 6.45) is 0.499. The molecule has 0 aliphatic rings. The van der Waals surface area contributed by atoms with Gasteiger partial charge in [0, 0.05) is 18.5 Å². The van der Waals surface area contributed by atoms with Crippen molar-refractivity contribution < 1.29 is 5.11 Å². The maximum Gasteiger partial charge on any atom is 0.0864 e. The second kappa shape index (κ2) is 6.54. The van der Waals surface area contributed by atoms with E-state index >= 15 is 0 Å². The van der Waals surface area contributed by atoms with Gasteiger partial charge in [-0.15, -0.1) is 0 Å². The van der Waals surface area contributed by atoms with Gasteiger partial charge in [0.2, 0.25) is 0 Å². The molecule has 0 saturated heterocycles. The maximum atomic E-state index is 10.6. The minimum Gasteiger partial charge on any atom is -0.388 e. The summed E-state index contributed by atoms with van der Waals surface area (Å²) in [5, 5.41) is 23.8. The first kappa shape index (κ1) is 15.9. The van der Waals surface area contributed by atoms with Crippen molar-refractivity contribution in [3.05, 3.63) is 39.4 Å².